The van der Waals surface area contributed by atoms with E-state index >= 15 is 0 Å². The van der Waals surface area contributed by atoms with Crippen molar-refractivity contribution in [1.82, 2.24) is 18.7 Å². The minimum absolute atomic E-state index is 0.236. The van der Waals surface area contributed by atoms with Crippen molar-refractivity contribution in [2.75, 3.05) is 0 Å². The lowest BCUT2D eigenvalue weighted by atomic mass is 9.73. The third-order valence-corrected chi connectivity index (χ3v) is 15.3. The lowest BCUT2D eigenvalue weighted by Gasteiger charge is -2.27. The van der Waals surface area contributed by atoms with Crippen LogP contribution in [0.2, 0.25) is 0 Å². The predicted molar refractivity (Wildman–Crippen MR) is 258 cm³/mol. The van der Waals surface area contributed by atoms with E-state index in [9.17, 15) is 0 Å². The van der Waals surface area contributed by atoms with E-state index in [1.54, 1.807) is 0 Å². The fourth-order valence-corrected chi connectivity index (χ4v) is 12.6. The molecule has 0 radical (unpaired) electrons. The number of hydrogen-bond acceptors (Lipinski definition) is 1. The van der Waals surface area contributed by atoms with Crippen molar-refractivity contribution in [3.8, 4) is 39.3 Å². The normalized spacial score (nSPS) is 17.0. The van der Waals surface area contributed by atoms with Crippen molar-refractivity contribution in [3.63, 3.8) is 0 Å². The minimum atomic E-state index is -0.542. The van der Waals surface area contributed by atoms with Crippen molar-refractivity contribution in [3.05, 3.63) is 221 Å². The maximum absolute atomic E-state index is 5.61. The van der Waals surface area contributed by atoms with Gasteiger partial charge in [-0.25, -0.2) is 4.98 Å². The van der Waals surface area contributed by atoms with Crippen LogP contribution in [0.1, 0.15) is 65.3 Å². The third-order valence-electron chi connectivity index (χ3n) is 15.3. The Kier molecular flexibility index (Phi) is 6.26. The van der Waals surface area contributed by atoms with Gasteiger partial charge in [-0.2, -0.15) is 0 Å². The number of imidazole rings is 1. The molecule has 1 unspecified atom stereocenters. The number of benzene rings is 8. The van der Waals surface area contributed by atoms with Crippen LogP contribution in [0.25, 0.3) is 89.0 Å². The summed E-state index contributed by atoms with van der Waals surface area (Å²) in [7, 11) is 0. The highest BCUT2D eigenvalue weighted by Gasteiger charge is 2.55. The van der Waals surface area contributed by atoms with Crippen LogP contribution in [-0.2, 0) is 17.3 Å². The maximum atomic E-state index is 5.61. The Morgan fingerprint density at radius 2 is 1.06 bits per heavy atom. The second-order valence-corrected chi connectivity index (χ2v) is 18.6. The van der Waals surface area contributed by atoms with Gasteiger partial charge in [-0.05, 0) is 124 Å². The summed E-state index contributed by atoms with van der Waals surface area (Å²) >= 11 is 0. The van der Waals surface area contributed by atoms with E-state index in [1.807, 2.05) is 0 Å². The summed E-state index contributed by atoms with van der Waals surface area (Å²) in [5.74, 6) is 1.11. The molecule has 3 aromatic heterocycles. The predicted octanol–water partition coefficient (Wildman–Crippen LogP) is 14.0. The van der Waals surface area contributed by atoms with Gasteiger partial charge in [0, 0.05) is 38.2 Å². The average molecular weight is 805 g/mol. The van der Waals surface area contributed by atoms with E-state index in [4.69, 9.17) is 4.98 Å². The first kappa shape index (κ1) is 34.0. The summed E-state index contributed by atoms with van der Waals surface area (Å²) < 4.78 is 7.49. The standard InChI is InChI=1S/C59H40N4/c1-58(2)46-33-54-41(36-19-7-12-26-49(36)61(54)35-17-4-3-5-18-35)31-39(46)40-32-42-37-20-8-13-27-50(37)62(55(42)34-47(40)58)53-30-16-24-45-56(53)38-21-6-9-22-43(38)59(45)44-23-10-14-28-51(44)63-52-29-15-11-25-48(52)60-57(59)63/h3-10,12-24,26-34H,11,25H2,1-2H3. The molecule has 0 saturated heterocycles. The van der Waals surface area contributed by atoms with Crippen LogP contribution in [-0.4, -0.2) is 18.7 Å². The Balaban J connectivity index is 1.01. The number of aryl methyl sites for hydroxylation is 1. The maximum Gasteiger partial charge on any atom is 0.133 e. The smallest absolute Gasteiger partial charge is 0.133 e. The van der Waals surface area contributed by atoms with Gasteiger partial charge in [0.1, 0.15) is 11.2 Å². The molecule has 0 saturated carbocycles. The first-order valence-corrected chi connectivity index (χ1v) is 22.4. The second kappa shape index (κ2) is 11.6. The van der Waals surface area contributed by atoms with Crippen LogP contribution in [0, 0.1) is 0 Å². The summed E-state index contributed by atoms with van der Waals surface area (Å²) in [5.41, 5.74) is 22.1. The van der Waals surface area contributed by atoms with Crippen LogP contribution in [0.15, 0.2) is 176 Å². The van der Waals surface area contributed by atoms with Gasteiger partial charge in [0.05, 0.1) is 44.8 Å². The lowest BCUT2D eigenvalue weighted by molar-refractivity contribution is 0.661. The molecule has 1 aliphatic heterocycles. The number of allylic oxidation sites excluding steroid dienone is 1. The molecule has 63 heavy (non-hydrogen) atoms. The first-order valence-electron chi connectivity index (χ1n) is 22.4. The Morgan fingerprint density at radius 3 is 1.83 bits per heavy atom. The monoisotopic (exact) mass is 804 g/mol. The van der Waals surface area contributed by atoms with E-state index in [0.29, 0.717) is 0 Å². The van der Waals surface area contributed by atoms with Gasteiger partial charge < -0.3 is 9.13 Å². The summed E-state index contributed by atoms with van der Waals surface area (Å²) in [5, 5.41) is 5.11. The van der Waals surface area contributed by atoms with Crippen LogP contribution >= 0.6 is 0 Å². The van der Waals surface area contributed by atoms with Gasteiger partial charge in [-0.15, -0.1) is 0 Å². The zero-order chi connectivity index (χ0) is 41.3. The molecule has 11 aromatic rings. The number of para-hydroxylation sites is 4. The molecule has 4 heterocycles. The Bertz CT molecular complexity index is 3890. The molecule has 296 valence electrons. The summed E-state index contributed by atoms with van der Waals surface area (Å²) in [6, 6.07) is 64.0. The van der Waals surface area contributed by atoms with E-state index in [-0.39, 0.29) is 5.41 Å². The van der Waals surface area contributed by atoms with Gasteiger partial charge in [0.25, 0.3) is 0 Å². The molecule has 1 spiro atoms. The quantitative estimate of drug-likeness (QED) is 0.171. The molecule has 15 rings (SSSR count). The average Bonchev–Trinajstić information content (AvgIpc) is 4.14. The Morgan fingerprint density at radius 1 is 0.460 bits per heavy atom. The van der Waals surface area contributed by atoms with E-state index in [2.05, 4.69) is 210 Å². The van der Waals surface area contributed by atoms with Crippen molar-refractivity contribution in [1.29, 1.82) is 0 Å². The molecule has 0 amide bonds. The minimum Gasteiger partial charge on any atom is -0.309 e. The summed E-state index contributed by atoms with van der Waals surface area (Å²) in [6.07, 6.45) is 6.60. The van der Waals surface area contributed by atoms with Crippen molar-refractivity contribution in [2.45, 2.75) is 37.5 Å². The summed E-state index contributed by atoms with van der Waals surface area (Å²) in [4.78, 5) is 5.61. The topological polar surface area (TPSA) is 27.7 Å². The zero-order valence-electron chi connectivity index (χ0n) is 35.0. The highest BCUT2D eigenvalue weighted by Crippen LogP contribution is 2.62. The zero-order valence-corrected chi connectivity index (χ0v) is 35.0. The number of hydrogen-bond donors (Lipinski definition) is 0. The highest BCUT2D eigenvalue weighted by atomic mass is 15.1. The molecule has 4 heteroatoms. The van der Waals surface area contributed by atoms with Crippen molar-refractivity contribution >= 4 is 49.7 Å². The van der Waals surface area contributed by atoms with Gasteiger partial charge >= 0.3 is 0 Å². The molecule has 0 bridgehead atoms. The van der Waals surface area contributed by atoms with E-state index < -0.39 is 5.41 Å². The van der Waals surface area contributed by atoms with Crippen molar-refractivity contribution < 1.29 is 0 Å². The number of rotatable bonds is 2. The number of aromatic nitrogens is 4. The SMILES string of the molecule is CC1(C)c2cc3c(cc2-c2cc4c5ccccc5n(-c5cccc6c5-c5ccccc5C65c6ccccc6-n6c5nc5c6C=CCC5)c4cc21)c1ccccc1n3-c1ccccc1. The second-order valence-electron chi connectivity index (χ2n) is 18.6. The molecular weight excluding hydrogens is 765 g/mol. The fraction of sp³-hybridized carbons (Fsp3) is 0.102. The molecule has 1 atom stereocenters. The van der Waals surface area contributed by atoms with Crippen LogP contribution in [0.5, 0.6) is 0 Å². The molecule has 3 aliphatic carbocycles. The molecule has 0 N–H and O–H groups in total. The number of fused-ring (bicyclic) bond motifs is 21. The van der Waals surface area contributed by atoms with E-state index in [1.165, 1.54) is 122 Å². The lowest BCUT2D eigenvalue weighted by Crippen LogP contribution is -2.27. The van der Waals surface area contributed by atoms with Gasteiger partial charge in [0.15, 0.2) is 0 Å². The third kappa shape index (κ3) is 3.98. The van der Waals surface area contributed by atoms with E-state index in [0.717, 1.165) is 18.7 Å². The van der Waals surface area contributed by atoms with Crippen LogP contribution in [0.3, 0.4) is 0 Å². The molecule has 4 nitrogen and oxygen atoms in total. The molecule has 4 aliphatic rings. The van der Waals surface area contributed by atoms with Gasteiger partial charge in [-0.1, -0.05) is 129 Å². The number of nitrogens with zero attached hydrogens (tertiary/aromatic N) is 4. The van der Waals surface area contributed by atoms with Crippen molar-refractivity contribution in [2.24, 2.45) is 0 Å². The van der Waals surface area contributed by atoms with Crippen LogP contribution in [0.4, 0.5) is 0 Å². The highest BCUT2D eigenvalue weighted by molar-refractivity contribution is 6.15. The Labute approximate surface area is 364 Å². The summed E-state index contributed by atoms with van der Waals surface area (Å²) in [6.45, 7) is 4.85. The fourth-order valence-electron chi connectivity index (χ4n) is 12.6. The van der Waals surface area contributed by atoms with Gasteiger partial charge in [0.2, 0.25) is 0 Å². The molecule has 0 fully saturated rings. The molecule has 8 aromatic carbocycles. The largest absolute Gasteiger partial charge is 0.309 e. The first-order chi connectivity index (χ1) is 31.0. The molecular formula is C59H40N4. The van der Waals surface area contributed by atoms with Gasteiger partial charge in [-0.3, -0.25) is 4.57 Å². The Hall–Kier alpha value is -7.69. The van der Waals surface area contributed by atoms with Crippen LogP contribution < -0.4 is 0 Å².